The SMILES string of the molecule is C=C/C=C\C(=C)c1ccc(B(O)O)cc1. The van der Waals surface area contributed by atoms with E-state index >= 15 is 0 Å². The average molecular weight is 200 g/mol. The molecule has 76 valence electrons. The van der Waals surface area contributed by atoms with Gasteiger partial charge in [-0.05, 0) is 16.6 Å². The lowest BCUT2D eigenvalue weighted by Gasteiger charge is -2.02. The molecule has 2 N–H and O–H groups in total. The van der Waals surface area contributed by atoms with Crippen LogP contribution in [0.4, 0.5) is 0 Å². The van der Waals surface area contributed by atoms with Crippen LogP contribution in [0.3, 0.4) is 0 Å². The molecule has 0 fully saturated rings. The van der Waals surface area contributed by atoms with Crippen molar-refractivity contribution in [2.24, 2.45) is 0 Å². The maximum atomic E-state index is 8.90. The van der Waals surface area contributed by atoms with Crippen molar-refractivity contribution in [2.75, 3.05) is 0 Å². The third-order valence-corrected chi connectivity index (χ3v) is 2.01. The highest BCUT2D eigenvalue weighted by molar-refractivity contribution is 6.58. The standard InChI is InChI=1S/C12H13BO2/c1-3-4-5-10(2)11-6-8-12(9-7-11)13(14)15/h3-9,14-15H,1-2H2/b5-4-. The van der Waals surface area contributed by atoms with E-state index in [1.54, 1.807) is 36.4 Å². The topological polar surface area (TPSA) is 40.5 Å². The molecule has 0 saturated carbocycles. The quantitative estimate of drug-likeness (QED) is 0.564. The Morgan fingerprint density at radius 2 is 1.80 bits per heavy atom. The molecule has 0 aliphatic rings. The molecule has 0 bridgehead atoms. The molecule has 2 nitrogen and oxygen atoms in total. The molecule has 0 atom stereocenters. The predicted octanol–water partition coefficient (Wildman–Crippen LogP) is 1.12. The summed E-state index contributed by atoms with van der Waals surface area (Å²) in [6.45, 7) is 7.45. The van der Waals surface area contributed by atoms with E-state index in [1.807, 2.05) is 6.08 Å². The summed E-state index contributed by atoms with van der Waals surface area (Å²) in [4.78, 5) is 0. The lowest BCUT2D eigenvalue weighted by atomic mass is 9.80. The lowest BCUT2D eigenvalue weighted by Crippen LogP contribution is -2.29. The van der Waals surface area contributed by atoms with Crippen LogP contribution < -0.4 is 5.46 Å². The molecule has 15 heavy (non-hydrogen) atoms. The molecule has 0 spiro atoms. The van der Waals surface area contributed by atoms with Crippen LogP contribution in [0, 0.1) is 0 Å². The average Bonchev–Trinajstić information content (AvgIpc) is 2.26. The van der Waals surface area contributed by atoms with E-state index in [0.717, 1.165) is 11.1 Å². The van der Waals surface area contributed by atoms with E-state index < -0.39 is 7.12 Å². The van der Waals surface area contributed by atoms with Crippen LogP contribution in [0.15, 0.2) is 55.7 Å². The number of hydrogen-bond donors (Lipinski definition) is 2. The van der Waals surface area contributed by atoms with Gasteiger partial charge >= 0.3 is 7.12 Å². The molecule has 0 saturated heterocycles. The molecule has 0 heterocycles. The maximum Gasteiger partial charge on any atom is 0.488 e. The fraction of sp³-hybridized carbons (Fsp3) is 0. The van der Waals surface area contributed by atoms with Crippen molar-refractivity contribution in [3.63, 3.8) is 0 Å². The van der Waals surface area contributed by atoms with Gasteiger partial charge in [0.2, 0.25) is 0 Å². The van der Waals surface area contributed by atoms with Gasteiger partial charge in [0.15, 0.2) is 0 Å². The van der Waals surface area contributed by atoms with Crippen LogP contribution in [0.2, 0.25) is 0 Å². The number of hydrogen-bond acceptors (Lipinski definition) is 2. The van der Waals surface area contributed by atoms with Gasteiger partial charge in [-0.1, -0.05) is 55.7 Å². The predicted molar refractivity (Wildman–Crippen MR) is 64.6 cm³/mol. The minimum absolute atomic E-state index is 0.472. The van der Waals surface area contributed by atoms with Crippen molar-refractivity contribution < 1.29 is 10.0 Å². The Balaban J connectivity index is 2.84. The fourth-order valence-corrected chi connectivity index (χ4v) is 1.15. The highest BCUT2D eigenvalue weighted by atomic mass is 16.4. The van der Waals surface area contributed by atoms with Crippen molar-refractivity contribution in [2.45, 2.75) is 0 Å². The molecule has 1 aromatic rings. The summed E-state index contributed by atoms with van der Waals surface area (Å²) in [5.41, 5.74) is 2.27. The summed E-state index contributed by atoms with van der Waals surface area (Å²) in [5, 5.41) is 17.8. The molecule has 0 unspecified atom stereocenters. The first-order valence-electron chi connectivity index (χ1n) is 4.59. The van der Waals surface area contributed by atoms with Gasteiger partial charge in [-0.15, -0.1) is 0 Å². The summed E-state index contributed by atoms with van der Waals surface area (Å²) < 4.78 is 0. The minimum Gasteiger partial charge on any atom is -0.423 e. The van der Waals surface area contributed by atoms with Crippen LogP contribution in [0.1, 0.15) is 5.56 Å². The highest BCUT2D eigenvalue weighted by Crippen LogP contribution is 2.11. The molecule has 1 rings (SSSR count). The van der Waals surface area contributed by atoms with Crippen molar-refractivity contribution in [3.8, 4) is 0 Å². The van der Waals surface area contributed by atoms with E-state index in [1.165, 1.54) is 0 Å². The summed E-state index contributed by atoms with van der Waals surface area (Å²) in [5.74, 6) is 0. The first-order valence-corrected chi connectivity index (χ1v) is 4.59. The molecule has 0 aromatic heterocycles. The Bertz CT molecular complexity index is 377. The monoisotopic (exact) mass is 200 g/mol. The zero-order valence-electron chi connectivity index (χ0n) is 8.43. The molecule has 0 aliphatic heterocycles. The number of allylic oxidation sites excluding steroid dienone is 4. The van der Waals surface area contributed by atoms with E-state index in [0.29, 0.717) is 5.46 Å². The van der Waals surface area contributed by atoms with E-state index in [-0.39, 0.29) is 0 Å². The third kappa shape index (κ3) is 3.24. The van der Waals surface area contributed by atoms with E-state index in [9.17, 15) is 0 Å². The van der Waals surface area contributed by atoms with Crippen LogP contribution >= 0.6 is 0 Å². The summed E-state index contributed by atoms with van der Waals surface area (Å²) in [6.07, 6.45) is 5.32. The van der Waals surface area contributed by atoms with Gasteiger partial charge in [-0.3, -0.25) is 0 Å². The van der Waals surface area contributed by atoms with Gasteiger partial charge in [0.05, 0.1) is 0 Å². The number of benzene rings is 1. The molecule has 0 radical (unpaired) electrons. The molecule has 0 aliphatic carbocycles. The van der Waals surface area contributed by atoms with Crippen molar-refractivity contribution in [3.05, 3.63) is 61.2 Å². The Morgan fingerprint density at radius 1 is 1.20 bits per heavy atom. The largest absolute Gasteiger partial charge is 0.488 e. The van der Waals surface area contributed by atoms with Crippen molar-refractivity contribution in [1.29, 1.82) is 0 Å². The molecular weight excluding hydrogens is 187 g/mol. The fourth-order valence-electron chi connectivity index (χ4n) is 1.15. The normalized spacial score (nSPS) is 10.3. The van der Waals surface area contributed by atoms with Gasteiger partial charge in [-0.2, -0.15) is 0 Å². The second kappa shape index (κ2) is 5.34. The van der Waals surface area contributed by atoms with Crippen molar-refractivity contribution >= 4 is 18.2 Å². The third-order valence-electron chi connectivity index (χ3n) is 2.01. The molecule has 3 heteroatoms. The number of rotatable bonds is 4. The Hall–Kier alpha value is -1.58. The summed E-state index contributed by atoms with van der Waals surface area (Å²) in [6, 6.07) is 6.91. The van der Waals surface area contributed by atoms with Crippen molar-refractivity contribution in [1.82, 2.24) is 0 Å². The maximum absolute atomic E-state index is 8.90. The molecule has 1 aromatic carbocycles. The van der Waals surface area contributed by atoms with Gasteiger partial charge in [0.25, 0.3) is 0 Å². The minimum atomic E-state index is -1.42. The zero-order valence-corrected chi connectivity index (χ0v) is 8.43. The first kappa shape index (κ1) is 11.5. The van der Waals surface area contributed by atoms with Gasteiger partial charge in [0.1, 0.15) is 0 Å². The zero-order chi connectivity index (χ0) is 11.3. The Morgan fingerprint density at radius 3 is 2.27 bits per heavy atom. The lowest BCUT2D eigenvalue weighted by molar-refractivity contribution is 0.426. The van der Waals surface area contributed by atoms with Gasteiger partial charge < -0.3 is 10.0 Å². The van der Waals surface area contributed by atoms with E-state index in [4.69, 9.17) is 10.0 Å². The van der Waals surface area contributed by atoms with Crippen LogP contribution in [-0.4, -0.2) is 17.2 Å². The molecule has 0 amide bonds. The Labute approximate surface area is 90.0 Å². The van der Waals surface area contributed by atoms with Crippen LogP contribution in [0.25, 0.3) is 5.57 Å². The summed E-state index contributed by atoms with van der Waals surface area (Å²) >= 11 is 0. The van der Waals surface area contributed by atoms with Crippen LogP contribution in [0.5, 0.6) is 0 Å². The first-order chi connectivity index (χ1) is 7.15. The van der Waals surface area contributed by atoms with Gasteiger partial charge in [-0.25, -0.2) is 0 Å². The smallest absolute Gasteiger partial charge is 0.423 e. The second-order valence-electron chi connectivity index (χ2n) is 3.12. The van der Waals surface area contributed by atoms with Gasteiger partial charge in [0, 0.05) is 0 Å². The van der Waals surface area contributed by atoms with Crippen LogP contribution in [-0.2, 0) is 0 Å². The Kier molecular flexibility index (Phi) is 4.09. The van der Waals surface area contributed by atoms with E-state index in [2.05, 4.69) is 13.2 Å². The highest BCUT2D eigenvalue weighted by Gasteiger charge is 2.09. The molecular formula is C12H13BO2. The summed E-state index contributed by atoms with van der Waals surface area (Å²) in [7, 11) is -1.42. The second-order valence-corrected chi connectivity index (χ2v) is 3.12.